The molecule has 6 heteroatoms. The van der Waals surface area contributed by atoms with Gasteiger partial charge in [-0.25, -0.2) is 9.97 Å². The number of hydrogen-bond donors (Lipinski definition) is 0. The lowest BCUT2D eigenvalue weighted by atomic mass is 10.1. The number of aromatic nitrogens is 4. The van der Waals surface area contributed by atoms with Crippen molar-refractivity contribution >= 4 is 11.0 Å². The highest BCUT2D eigenvalue weighted by Gasteiger charge is 2.31. The fraction of sp³-hybridized carbons (Fsp3) is 0.400. The lowest BCUT2D eigenvalue weighted by Gasteiger charge is -2.19. The molecule has 3 heterocycles. The topological polar surface area (TPSA) is 69.9 Å². The first kappa shape index (κ1) is 16.7. The molecule has 0 saturated heterocycles. The van der Waals surface area contributed by atoms with E-state index in [1.165, 1.54) is 12.8 Å². The third-order valence-corrected chi connectivity index (χ3v) is 5.21. The maximum absolute atomic E-state index is 12.8. The number of fused-ring (bicyclic) bond motifs is 1. The lowest BCUT2D eigenvalue weighted by molar-refractivity contribution is 0.397. The van der Waals surface area contributed by atoms with Crippen LogP contribution in [0.3, 0.4) is 0 Å². The van der Waals surface area contributed by atoms with Crippen LogP contribution in [0.25, 0.3) is 22.3 Å². The Morgan fingerprint density at radius 1 is 1.15 bits per heavy atom. The molecule has 26 heavy (non-hydrogen) atoms. The highest BCUT2D eigenvalue weighted by atomic mass is 16.5. The van der Waals surface area contributed by atoms with Crippen LogP contribution in [-0.2, 0) is 0 Å². The predicted octanol–water partition coefficient (Wildman–Crippen LogP) is 3.45. The zero-order valence-electron chi connectivity index (χ0n) is 15.5. The van der Waals surface area contributed by atoms with Gasteiger partial charge in [0.15, 0.2) is 0 Å². The molecule has 6 nitrogen and oxygen atoms in total. The zero-order valence-corrected chi connectivity index (χ0v) is 15.5. The first-order valence-corrected chi connectivity index (χ1v) is 8.91. The Balaban J connectivity index is 1.99. The van der Waals surface area contributed by atoms with E-state index in [4.69, 9.17) is 4.74 Å². The summed E-state index contributed by atoms with van der Waals surface area (Å²) < 4.78 is 7.10. The third-order valence-electron chi connectivity index (χ3n) is 5.21. The van der Waals surface area contributed by atoms with Gasteiger partial charge in [0.2, 0.25) is 5.88 Å². The molecule has 0 unspecified atom stereocenters. The van der Waals surface area contributed by atoms with Gasteiger partial charge in [-0.1, -0.05) is 0 Å². The van der Waals surface area contributed by atoms with Gasteiger partial charge >= 0.3 is 0 Å². The maximum Gasteiger partial charge on any atom is 0.272 e. The molecule has 4 rings (SSSR count). The van der Waals surface area contributed by atoms with E-state index < -0.39 is 0 Å². The molecular formula is C20H22N4O2. The van der Waals surface area contributed by atoms with Crippen molar-refractivity contribution in [2.24, 2.45) is 5.92 Å². The number of pyridine rings is 2. The van der Waals surface area contributed by atoms with Crippen LogP contribution >= 0.6 is 0 Å². The molecule has 0 N–H and O–H groups in total. The van der Waals surface area contributed by atoms with Crippen molar-refractivity contribution < 1.29 is 4.74 Å². The number of nitrogens with zero attached hydrogens (tertiary/aromatic N) is 4. The van der Waals surface area contributed by atoms with Gasteiger partial charge in [0.1, 0.15) is 11.2 Å². The molecule has 1 saturated carbocycles. The number of aryl methyl sites for hydroxylation is 2. The molecule has 1 aliphatic carbocycles. The van der Waals surface area contributed by atoms with Gasteiger partial charge in [0, 0.05) is 23.9 Å². The quantitative estimate of drug-likeness (QED) is 0.721. The van der Waals surface area contributed by atoms with Gasteiger partial charge in [0.25, 0.3) is 5.56 Å². The molecule has 134 valence electrons. The van der Waals surface area contributed by atoms with Crippen LogP contribution in [0.5, 0.6) is 5.88 Å². The van der Waals surface area contributed by atoms with Gasteiger partial charge in [-0.15, -0.1) is 0 Å². The number of ether oxygens (including phenoxy) is 1. The van der Waals surface area contributed by atoms with Crippen molar-refractivity contribution in [3.63, 3.8) is 0 Å². The fourth-order valence-corrected chi connectivity index (χ4v) is 3.54. The maximum atomic E-state index is 12.8. The molecule has 0 amide bonds. The summed E-state index contributed by atoms with van der Waals surface area (Å²) in [6, 6.07) is 5.81. The van der Waals surface area contributed by atoms with Crippen LogP contribution in [0, 0.1) is 19.8 Å². The number of rotatable bonds is 4. The Bertz CT molecular complexity index is 1050. The normalized spacial score (nSPS) is 15.2. The molecule has 3 aromatic rings. The van der Waals surface area contributed by atoms with Gasteiger partial charge in [-0.05, 0) is 51.7 Å². The minimum Gasteiger partial charge on any atom is -0.481 e. The zero-order chi connectivity index (χ0) is 18.4. The smallest absolute Gasteiger partial charge is 0.272 e. The number of hydrogen-bond acceptors (Lipinski definition) is 5. The first-order chi connectivity index (χ1) is 12.5. The second-order valence-corrected chi connectivity index (χ2v) is 6.96. The van der Waals surface area contributed by atoms with Gasteiger partial charge in [0.05, 0.1) is 24.0 Å². The SMILES string of the molecule is COc1ccc(-c2nccc3c2nc(C)c(=O)n3[C@H](C)C2CC2)c(C)n1. The molecule has 0 bridgehead atoms. The van der Waals surface area contributed by atoms with E-state index in [9.17, 15) is 4.79 Å². The summed E-state index contributed by atoms with van der Waals surface area (Å²) in [5, 5.41) is 0. The van der Waals surface area contributed by atoms with Crippen molar-refractivity contribution in [3.05, 3.63) is 46.1 Å². The Morgan fingerprint density at radius 2 is 1.92 bits per heavy atom. The highest BCUT2D eigenvalue weighted by molar-refractivity contribution is 5.90. The van der Waals surface area contributed by atoms with Crippen LogP contribution in [-0.4, -0.2) is 26.6 Å². The van der Waals surface area contributed by atoms with Crippen LogP contribution in [0.1, 0.15) is 37.2 Å². The average molecular weight is 350 g/mol. The third kappa shape index (κ3) is 2.66. The average Bonchev–Trinajstić information content (AvgIpc) is 3.47. The van der Waals surface area contributed by atoms with Gasteiger partial charge in [-0.3, -0.25) is 9.78 Å². The molecule has 3 aromatic heterocycles. The molecule has 0 radical (unpaired) electrons. The van der Waals surface area contributed by atoms with Crippen LogP contribution < -0.4 is 10.3 Å². The van der Waals surface area contributed by atoms with Crippen molar-refractivity contribution in [1.82, 2.24) is 19.5 Å². The van der Waals surface area contributed by atoms with E-state index in [2.05, 4.69) is 21.9 Å². The van der Waals surface area contributed by atoms with E-state index >= 15 is 0 Å². The Labute approximate surface area is 151 Å². The van der Waals surface area contributed by atoms with Crippen LogP contribution in [0.15, 0.2) is 29.2 Å². The van der Waals surface area contributed by atoms with E-state index in [1.807, 2.05) is 29.7 Å². The largest absolute Gasteiger partial charge is 0.481 e. The van der Waals surface area contributed by atoms with Crippen LogP contribution in [0.2, 0.25) is 0 Å². The summed E-state index contributed by atoms with van der Waals surface area (Å²) in [7, 11) is 1.60. The summed E-state index contributed by atoms with van der Waals surface area (Å²) in [4.78, 5) is 26.4. The first-order valence-electron chi connectivity index (χ1n) is 8.91. The number of methoxy groups -OCH3 is 1. The standard InChI is InChI=1S/C20H22N4O2/c1-11-15(7-8-17(22-11)26-4)18-19-16(9-10-21-18)24(13(3)14-5-6-14)20(25)12(2)23-19/h7-10,13-14H,5-6H2,1-4H3/t13-/m1/s1. The Hall–Kier alpha value is -2.76. The minimum absolute atomic E-state index is 0.0152. The predicted molar refractivity (Wildman–Crippen MR) is 100 cm³/mol. The van der Waals surface area contributed by atoms with Gasteiger partial charge < -0.3 is 9.30 Å². The molecule has 1 aliphatic rings. The Kier molecular flexibility index (Phi) is 3.98. The molecule has 0 aliphatic heterocycles. The summed E-state index contributed by atoms with van der Waals surface area (Å²) in [5.41, 5.74) is 4.52. The van der Waals surface area contributed by atoms with Crippen molar-refractivity contribution in [2.75, 3.05) is 7.11 Å². The second-order valence-electron chi connectivity index (χ2n) is 6.96. The molecular weight excluding hydrogens is 328 g/mol. The summed E-state index contributed by atoms with van der Waals surface area (Å²) in [6.45, 7) is 5.82. The summed E-state index contributed by atoms with van der Waals surface area (Å²) in [6.07, 6.45) is 4.10. The highest BCUT2D eigenvalue weighted by Crippen LogP contribution is 2.40. The minimum atomic E-state index is -0.0152. The Morgan fingerprint density at radius 3 is 2.58 bits per heavy atom. The summed E-state index contributed by atoms with van der Waals surface area (Å²) in [5.74, 6) is 1.13. The van der Waals surface area contributed by atoms with Crippen molar-refractivity contribution in [3.8, 4) is 17.1 Å². The second kappa shape index (κ2) is 6.20. The van der Waals surface area contributed by atoms with Crippen molar-refractivity contribution in [2.45, 2.75) is 39.7 Å². The van der Waals surface area contributed by atoms with E-state index in [0.29, 0.717) is 17.5 Å². The van der Waals surface area contributed by atoms with E-state index in [0.717, 1.165) is 28.0 Å². The fourth-order valence-electron chi connectivity index (χ4n) is 3.54. The van der Waals surface area contributed by atoms with Crippen molar-refractivity contribution in [1.29, 1.82) is 0 Å². The molecule has 0 aromatic carbocycles. The lowest BCUT2D eigenvalue weighted by Crippen LogP contribution is -2.28. The molecule has 1 fully saturated rings. The van der Waals surface area contributed by atoms with Crippen LogP contribution in [0.4, 0.5) is 0 Å². The van der Waals surface area contributed by atoms with E-state index in [-0.39, 0.29) is 11.6 Å². The summed E-state index contributed by atoms with van der Waals surface area (Å²) >= 11 is 0. The molecule has 0 spiro atoms. The molecule has 1 atom stereocenters. The monoisotopic (exact) mass is 350 g/mol. The van der Waals surface area contributed by atoms with Gasteiger partial charge in [-0.2, -0.15) is 0 Å². The van der Waals surface area contributed by atoms with E-state index in [1.54, 1.807) is 20.2 Å².